The van der Waals surface area contributed by atoms with E-state index in [4.69, 9.17) is 11.0 Å². The number of hydrogen-bond acceptors (Lipinski definition) is 2. The first-order valence-electron chi connectivity index (χ1n) is 4.99. The van der Waals surface area contributed by atoms with Gasteiger partial charge in [0.2, 0.25) is 0 Å². The van der Waals surface area contributed by atoms with Gasteiger partial charge in [0.15, 0.2) is 5.96 Å². The number of nitriles is 1. The van der Waals surface area contributed by atoms with Gasteiger partial charge in [-0.3, -0.25) is 4.99 Å². The SMILES string of the molecule is CCN(CC(C)C#N)C(N)=NC(C)C. The summed E-state index contributed by atoms with van der Waals surface area (Å²) in [4.78, 5) is 6.17. The zero-order chi connectivity index (χ0) is 11.1. The summed E-state index contributed by atoms with van der Waals surface area (Å²) in [5.74, 6) is 0.514. The van der Waals surface area contributed by atoms with E-state index in [2.05, 4.69) is 11.1 Å². The molecule has 80 valence electrons. The van der Waals surface area contributed by atoms with E-state index in [9.17, 15) is 0 Å². The van der Waals surface area contributed by atoms with E-state index < -0.39 is 0 Å². The van der Waals surface area contributed by atoms with Crippen molar-refractivity contribution >= 4 is 5.96 Å². The van der Waals surface area contributed by atoms with Gasteiger partial charge < -0.3 is 10.6 Å². The van der Waals surface area contributed by atoms with Gasteiger partial charge in [-0.05, 0) is 27.7 Å². The average Bonchev–Trinajstić information content (AvgIpc) is 2.12. The Morgan fingerprint density at radius 3 is 2.43 bits per heavy atom. The van der Waals surface area contributed by atoms with Gasteiger partial charge in [-0.1, -0.05) is 0 Å². The van der Waals surface area contributed by atoms with Gasteiger partial charge in [0.1, 0.15) is 0 Å². The fourth-order valence-electron chi connectivity index (χ4n) is 1.10. The van der Waals surface area contributed by atoms with Crippen molar-refractivity contribution in [3.63, 3.8) is 0 Å². The number of aliphatic imine (C=N–C) groups is 1. The zero-order valence-corrected chi connectivity index (χ0v) is 9.49. The van der Waals surface area contributed by atoms with Crippen LogP contribution in [0.4, 0.5) is 0 Å². The Labute approximate surface area is 86.4 Å². The molecule has 0 saturated heterocycles. The van der Waals surface area contributed by atoms with Crippen molar-refractivity contribution in [2.24, 2.45) is 16.6 Å². The number of hydrogen-bond donors (Lipinski definition) is 1. The van der Waals surface area contributed by atoms with Crippen molar-refractivity contribution in [2.75, 3.05) is 13.1 Å². The topological polar surface area (TPSA) is 65.4 Å². The first kappa shape index (κ1) is 12.8. The molecule has 0 aromatic heterocycles. The molecule has 0 fully saturated rings. The van der Waals surface area contributed by atoms with Crippen molar-refractivity contribution in [3.8, 4) is 6.07 Å². The van der Waals surface area contributed by atoms with Gasteiger partial charge in [-0.25, -0.2) is 0 Å². The molecule has 0 bridgehead atoms. The predicted octanol–water partition coefficient (Wildman–Crippen LogP) is 1.19. The molecule has 0 aromatic rings. The summed E-state index contributed by atoms with van der Waals surface area (Å²) in [5.41, 5.74) is 5.80. The Morgan fingerprint density at radius 2 is 2.07 bits per heavy atom. The van der Waals surface area contributed by atoms with Crippen LogP contribution in [0.5, 0.6) is 0 Å². The summed E-state index contributed by atoms with van der Waals surface area (Å²) in [7, 11) is 0. The molecule has 0 heterocycles. The molecular weight excluding hydrogens is 176 g/mol. The summed E-state index contributed by atoms with van der Waals surface area (Å²) < 4.78 is 0. The van der Waals surface area contributed by atoms with Gasteiger partial charge >= 0.3 is 0 Å². The van der Waals surface area contributed by atoms with E-state index >= 15 is 0 Å². The lowest BCUT2D eigenvalue weighted by molar-refractivity contribution is 0.397. The molecular formula is C10H20N4. The van der Waals surface area contributed by atoms with Crippen LogP contribution in [0.15, 0.2) is 4.99 Å². The van der Waals surface area contributed by atoms with Crippen molar-refractivity contribution in [2.45, 2.75) is 33.7 Å². The molecule has 0 aliphatic carbocycles. The van der Waals surface area contributed by atoms with Gasteiger partial charge in [0, 0.05) is 19.1 Å². The van der Waals surface area contributed by atoms with Crippen LogP contribution in [0.1, 0.15) is 27.7 Å². The molecule has 1 unspecified atom stereocenters. The van der Waals surface area contributed by atoms with Crippen LogP contribution in [0.2, 0.25) is 0 Å². The van der Waals surface area contributed by atoms with E-state index in [0.29, 0.717) is 12.5 Å². The lowest BCUT2D eigenvalue weighted by atomic mass is 10.2. The summed E-state index contributed by atoms with van der Waals surface area (Å²) in [6.45, 7) is 9.28. The minimum absolute atomic E-state index is 0.0177. The Hall–Kier alpha value is -1.24. The lowest BCUT2D eigenvalue weighted by Gasteiger charge is -2.23. The maximum absolute atomic E-state index is 8.69. The molecule has 4 heteroatoms. The van der Waals surface area contributed by atoms with Crippen LogP contribution in [0.3, 0.4) is 0 Å². The summed E-state index contributed by atoms with van der Waals surface area (Å²) >= 11 is 0. The molecule has 0 saturated carbocycles. The van der Waals surface area contributed by atoms with Gasteiger partial charge in [-0.15, -0.1) is 0 Å². The van der Waals surface area contributed by atoms with Crippen LogP contribution in [-0.2, 0) is 0 Å². The predicted molar refractivity (Wildman–Crippen MR) is 58.8 cm³/mol. The summed E-state index contributed by atoms with van der Waals surface area (Å²) in [5, 5.41) is 8.69. The fraction of sp³-hybridized carbons (Fsp3) is 0.800. The summed E-state index contributed by atoms with van der Waals surface area (Å²) in [6, 6.07) is 2.38. The Morgan fingerprint density at radius 1 is 1.50 bits per heavy atom. The van der Waals surface area contributed by atoms with Crippen LogP contribution in [0, 0.1) is 17.2 Å². The average molecular weight is 196 g/mol. The smallest absolute Gasteiger partial charge is 0.191 e. The molecule has 0 spiro atoms. The normalized spacial score (nSPS) is 13.9. The third-order valence-corrected chi connectivity index (χ3v) is 1.81. The number of rotatable bonds is 4. The van der Waals surface area contributed by atoms with Crippen LogP contribution < -0.4 is 5.73 Å². The maximum Gasteiger partial charge on any atom is 0.191 e. The monoisotopic (exact) mass is 196 g/mol. The molecule has 0 aromatic carbocycles. The Bertz CT molecular complexity index is 227. The van der Waals surface area contributed by atoms with Crippen LogP contribution in [-0.4, -0.2) is 30.0 Å². The van der Waals surface area contributed by atoms with Gasteiger partial charge in [-0.2, -0.15) is 5.26 Å². The molecule has 0 aliphatic rings. The van der Waals surface area contributed by atoms with E-state index in [1.807, 2.05) is 32.6 Å². The highest BCUT2D eigenvalue weighted by atomic mass is 15.2. The molecule has 0 rings (SSSR count). The second-order valence-corrected chi connectivity index (χ2v) is 3.65. The first-order valence-corrected chi connectivity index (χ1v) is 4.99. The number of nitrogens with zero attached hydrogens (tertiary/aromatic N) is 3. The molecule has 14 heavy (non-hydrogen) atoms. The molecule has 0 radical (unpaired) electrons. The van der Waals surface area contributed by atoms with Crippen LogP contribution in [0.25, 0.3) is 0 Å². The highest BCUT2D eigenvalue weighted by Gasteiger charge is 2.10. The zero-order valence-electron chi connectivity index (χ0n) is 9.49. The van der Waals surface area contributed by atoms with Gasteiger partial charge in [0.25, 0.3) is 0 Å². The molecule has 1 atom stereocenters. The minimum Gasteiger partial charge on any atom is -0.370 e. The highest BCUT2D eigenvalue weighted by Crippen LogP contribution is 1.99. The standard InChI is InChI=1S/C10H20N4/c1-5-14(7-9(4)6-11)10(12)13-8(2)3/h8-9H,5,7H2,1-4H3,(H2,12,13). The quantitative estimate of drug-likeness (QED) is 0.542. The third-order valence-electron chi connectivity index (χ3n) is 1.81. The number of nitrogens with two attached hydrogens (primary N) is 1. The number of guanidine groups is 1. The fourth-order valence-corrected chi connectivity index (χ4v) is 1.10. The van der Waals surface area contributed by atoms with Crippen molar-refractivity contribution < 1.29 is 0 Å². The van der Waals surface area contributed by atoms with E-state index in [1.165, 1.54) is 0 Å². The molecule has 4 nitrogen and oxygen atoms in total. The van der Waals surface area contributed by atoms with Crippen molar-refractivity contribution in [1.29, 1.82) is 5.26 Å². The largest absolute Gasteiger partial charge is 0.370 e. The lowest BCUT2D eigenvalue weighted by Crippen LogP contribution is -2.40. The first-order chi connectivity index (χ1) is 6.51. The molecule has 2 N–H and O–H groups in total. The summed E-state index contributed by atoms with van der Waals surface area (Å²) in [6.07, 6.45) is 0. The molecule has 0 aliphatic heterocycles. The van der Waals surface area contributed by atoms with E-state index in [1.54, 1.807) is 0 Å². The minimum atomic E-state index is -0.0177. The maximum atomic E-state index is 8.69. The third kappa shape index (κ3) is 4.70. The van der Waals surface area contributed by atoms with Gasteiger partial charge in [0.05, 0.1) is 12.0 Å². The molecule has 0 amide bonds. The van der Waals surface area contributed by atoms with Crippen molar-refractivity contribution in [3.05, 3.63) is 0 Å². The van der Waals surface area contributed by atoms with Crippen molar-refractivity contribution in [1.82, 2.24) is 4.90 Å². The van der Waals surface area contributed by atoms with Crippen LogP contribution >= 0.6 is 0 Å². The van der Waals surface area contributed by atoms with E-state index in [0.717, 1.165) is 6.54 Å². The second kappa shape index (κ2) is 6.25. The highest BCUT2D eigenvalue weighted by molar-refractivity contribution is 5.78. The Kier molecular flexibility index (Phi) is 5.70. The second-order valence-electron chi connectivity index (χ2n) is 3.65. The Balaban J connectivity index is 4.35. The van der Waals surface area contributed by atoms with E-state index in [-0.39, 0.29) is 12.0 Å².